The number of carbonyl (C=O) groups excluding carboxylic acids is 2. The third-order valence-electron chi connectivity index (χ3n) is 6.28. The molecule has 0 saturated heterocycles. The number of hydrogen-bond donors (Lipinski definition) is 1. The van der Waals surface area contributed by atoms with E-state index in [4.69, 9.17) is 4.74 Å². The van der Waals surface area contributed by atoms with Gasteiger partial charge < -0.3 is 14.6 Å². The molecular formula is C26H29N7O3S2. The third kappa shape index (κ3) is 5.51. The Labute approximate surface area is 228 Å². The van der Waals surface area contributed by atoms with Crippen molar-refractivity contribution in [2.45, 2.75) is 57.3 Å². The lowest BCUT2D eigenvalue weighted by atomic mass is 9.95. The Balaban J connectivity index is 1.24. The fourth-order valence-corrected chi connectivity index (χ4v) is 6.72. The van der Waals surface area contributed by atoms with E-state index < -0.39 is 0 Å². The Morgan fingerprint density at radius 1 is 1.21 bits per heavy atom. The van der Waals surface area contributed by atoms with E-state index in [9.17, 15) is 9.59 Å². The quantitative estimate of drug-likeness (QED) is 0.165. The van der Waals surface area contributed by atoms with Crippen molar-refractivity contribution in [3.63, 3.8) is 0 Å². The zero-order valence-electron chi connectivity index (χ0n) is 21.2. The molecule has 0 unspecified atom stereocenters. The smallest absolute Gasteiger partial charge is 0.341 e. The van der Waals surface area contributed by atoms with E-state index in [1.807, 2.05) is 28.8 Å². The van der Waals surface area contributed by atoms with Crippen molar-refractivity contribution < 1.29 is 14.3 Å². The van der Waals surface area contributed by atoms with Gasteiger partial charge in [-0.05, 0) is 50.3 Å². The van der Waals surface area contributed by atoms with Crippen molar-refractivity contribution in [2.24, 2.45) is 0 Å². The van der Waals surface area contributed by atoms with Gasteiger partial charge in [0.15, 0.2) is 11.0 Å². The molecule has 0 aliphatic heterocycles. The minimum atomic E-state index is -0.359. The second-order valence-corrected chi connectivity index (χ2v) is 11.0. The van der Waals surface area contributed by atoms with Crippen LogP contribution in [0.5, 0.6) is 0 Å². The number of aromatic nitrogens is 6. The molecule has 10 nitrogen and oxygen atoms in total. The van der Waals surface area contributed by atoms with Crippen LogP contribution in [-0.4, -0.2) is 54.0 Å². The molecule has 3 heterocycles. The number of carbonyl (C=O) groups is 2. The second kappa shape index (κ2) is 11.9. The molecule has 1 aromatic carbocycles. The van der Waals surface area contributed by atoms with Gasteiger partial charge in [-0.2, -0.15) is 0 Å². The van der Waals surface area contributed by atoms with Crippen LogP contribution in [-0.2, 0) is 35.5 Å². The maximum absolute atomic E-state index is 12.9. The van der Waals surface area contributed by atoms with E-state index >= 15 is 0 Å². The summed E-state index contributed by atoms with van der Waals surface area (Å²) in [6, 6.07) is 7.76. The van der Waals surface area contributed by atoms with Gasteiger partial charge in [0.1, 0.15) is 17.1 Å². The molecule has 1 N–H and O–H groups in total. The standard InChI is InChI=1S/C26H29N7O3S2/c1-3-14-32-21(16-33-19-11-7-6-10-18(19)28-31-33)29-30-26(32)37-15-13-22(34)27-24-23(25(35)36-4-2)17-9-5-8-12-20(17)38-24/h3,6-7,10-11H,1,4-5,8-9,12-16H2,2H3,(H,27,34). The molecule has 1 aliphatic rings. The average molecular weight is 552 g/mol. The van der Waals surface area contributed by atoms with Crippen LogP contribution in [0.15, 0.2) is 42.1 Å². The number of nitrogens with zero attached hydrogens (tertiary/aromatic N) is 6. The number of ether oxygens (including phenoxy) is 1. The van der Waals surface area contributed by atoms with Crippen LogP contribution in [0, 0.1) is 0 Å². The number of anilines is 1. The first kappa shape index (κ1) is 26.1. The molecule has 5 rings (SSSR count). The molecule has 198 valence electrons. The summed E-state index contributed by atoms with van der Waals surface area (Å²) in [6.45, 7) is 6.90. The van der Waals surface area contributed by atoms with Crippen molar-refractivity contribution >= 4 is 51.0 Å². The summed E-state index contributed by atoms with van der Waals surface area (Å²) in [6.07, 6.45) is 5.97. The Morgan fingerprint density at radius 2 is 2.05 bits per heavy atom. The van der Waals surface area contributed by atoms with Gasteiger partial charge in [-0.25, -0.2) is 9.48 Å². The fourth-order valence-electron chi connectivity index (χ4n) is 4.52. The number of para-hydroxylation sites is 1. The number of aryl methyl sites for hydroxylation is 1. The van der Waals surface area contributed by atoms with Gasteiger partial charge in [0.25, 0.3) is 0 Å². The molecule has 12 heteroatoms. The predicted octanol–water partition coefficient (Wildman–Crippen LogP) is 4.50. The Kier molecular flexibility index (Phi) is 8.18. The summed E-state index contributed by atoms with van der Waals surface area (Å²) >= 11 is 2.95. The van der Waals surface area contributed by atoms with Gasteiger partial charge in [-0.15, -0.1) is 33.2 Å². The maximum Gasteiger partial charge on any atom is 0.341 e. The lowest BCUT2D eigenvalue weighted by Crippen LogP contribution is -2.16. The first-order valence-corrected chi connectivity index (χ1v) is 14.4. The lowest BCUT2D eigenvalue weighted by molar-refractivity contribution is -0.115. The van der Waals surface area contributed by atoms with E-state index in [0.717, 1.165) is 48.1 Å². The van der Waals surface area contributed by atoms with Crippen molar-refractivity contribution in [3.05, 3.63) is 58.7 Å². The second-order valence-electron chi connectivity index (χ2n) is 8.82. The number of amides is 1. The number of rotatable bonds is 11. The highest BCUT2D eigenvalue weighted by Crippen LogP contribution is 2.38. The van der Waals surface area contributed by atoms with Crippen LogP contribution in [0.3, 0.4) is 0 Å². The van der Waals surface area contributed by atoms with E-state index in [2.05, 4.69) is 32.4 Å². The van der Waals surface area contributed by atoms with Crippen LogP contribution < -0.4 is 5.32 Å². The summed E-state index contributed by atoms with van der Waals surface area (Å²) in [7, 11) is 0. The van der Waals surface area contributed by atoms with Gasteiger partial charge >= 0.3 is 5.97 Å². The summed E-state index contributed by atoms with van der Waals surface area (Å²) in [5.41, 5.74) is 3.31. The topological polar surface area (TPSA) is 117 Å². The fraction of sp³-hybridized carbons (Fsp3) is 0.385. The maximum atomic E-state index is 12.9. The zero-order chi connectivity index (χ0) is 26.5. The summed E-state index contributed by atoms with van der Waals surface area (Å²) < 4.78 is 9.05. The molecule has 0 fully saturated rings. The van der Waals surface area contributed by atoms with Crippen molar-refractivity contribution in [1.29, 1.82) is 0 Å². The van der Waals surface area contributed by atoms with E-state index in [-0.39, 0.29) is 18.3 Å². The molecule has 1 amide bonds. The normalized spacial score (nSPS) is 12.9. The van der Waals surface area contributed by atoms with Crippen LogP contribution >= 0.6 is 23.1 Å². The van der Waals surface area contributed by atoms with Crippen molar-refractivity contribution in [3.8, 4) is 0 Å². The molecule has 0 bridgehead atoms. The molecule has 0 spiro atoms. The Hall–Kier alpha value is -3.51. The highest BCUT2D eigenvalue weighted by atomic mass is 32.2. The Morgan fingerprint density at radius 3 is 2.89 bits per heavy atom. The van der Waals surface area contributed by atoms with E-state index in [1.54, 1.807) is 17.7 Å². The van der Waals surface area contributed by atoms with Crippen LogP contribution in [0.1, 0.15) is 52.8 Å². The predicted molar refractivity (Wildman–Crippen MR) is 148 cm³/mol. The number of esters is 1. The number of hydrogen-bond acceptors (Lipinski definition) is 9. The number of allylic oxidation sites excluding steroid dienone is 1. The van der Waals surface area contributed by atoms with Crippen molar-refractivity contribution in [2.75, 3.05) is 17.7 Å². The highest BCUT2D eigenvalue weighted by Gasteiger charge is 2.27. The number of thioether (sulfide) groups is 1. The molecular weight excluding hydrogens is 522 g/mol. The monoisotopic (exact) mass is 551 g/mol. The summed E-state index contributed by atoms with van der Waals surface area (Å²) in [4.78, 5) is 26.7. The minimum absolute atomic E-state index is 0.147. The number of benzene rings is 1. The number of thiophene rings is 1. The van der Waals surface area contributed by atoms with Gasteiger partial charge in [0.05, 0.1) is 17.7 Å². The minimum Gasteiger partial charge on any atom is -0.462 e. The molecule has 0 radical (unpaired) electrons. The third-order valence-corrected chi connectivity index (χ3v) is 8.46. The van der Waals surface area contributed by atoms with Crippen LogP contribution in [0.25, 0.3) is 11.0 Å². The van der Waals surface area contributed by atoms with Gasteiger partial charge in [-0.1, -0.05) is 35.2 Å². The molecule has 38 heavy (non-hydrogen) atoms. The Bertz CT molecular complexity index is 1470. The SMILES string of the molecule is C=CCn1c(Cn2nnc3ccccc32)nnc1SCCC(=O)Nc1sc2c(c1C(=O)OCC)CCCC2. The van der Waals surface area contributed by atoms with Gasteiger partial charge in [-0.3, -0.25) is 4.79 Å². The molecule has 4 aromatic rings. The lowest BCUT2D eigenvalue weighted by Gasteiger charge is -2.12. The largest absolute Gasteiger partial charge is 0.462 e. The molecule has 0 atom stereocenters. The summed E-state index contributed by atoms with van der Waals surface area (Å²) in [5, 5.41) is 21.5. The molecule has 0 saturated carbocycles. The number of fused-ring (bicyclic) bond motifs is 2. The van der Waals surface area contributed by atoms with E-state index in [1.165, 1.54) is 28.0 Å². The highest BCUT2D eigenvalue weighted by molar-refractivity contribution is 7.99. The first-order valence-electron chi connectivity index (χ1n) is 12.6. The number of nitrogens with one attached hydrogen (secondary N) is 1. The zero-order valence-corrected chi connectivity index (χ0v) is 22.8. The molecule has 1 aliphatic carbocycles. The van der Waals surface area contributed by atoms with E-state index in [0.29, 0.717) is 41.2 Å². The van der Waals surface area contributed by atoms with Gasteiger partial charge in [0, 0.05) is 23.6 Å². The summed E-state index contributed by atoms with van der Waals surface area (Å²) in [5.74, 6) is 0.732. The first-order chi connectivity index (χ1) is 18.6. The van der Waals surface area contributed by atoms with Crippen LogP contribution in [0.4, 0.5) is 5.00 Å². The average Bonchev–Trinajstić information content (AvgIpc) is 3.60. The van der Waals surface area contributed by atoms with Crippen molar-refractivity contribution in [1.82, 2.24) is 29.8 Å². The molecule has 3 aromatic heterocycles. The van der Waals surface area contributed by atoms with Gasteiger partial charge in [0.2, 0.25) is 5.91 Å². The van der Waals surface area contributed by atoms with Crippen LogP contribution in [0.2, 0.25) is 0 Å².